The predicted octanol–water partition coefficient (Wildman–Crippen LogP) is 2.03. The first-order valence-electron chi connectivity index (χ1n) is 10.9. The maximum absolute atomic E-state index is 13.0. The van der Waals surface area contributed by atoms with E-state index in [9.17, 15) is 14.7 Å². The molecular formula is C24H24ClN5O3. The van der Waals surface area contributed by atoms with Crippen LogP contribution in [0, 0.1) is 0 Å². The van der Waals surface area contributed by atoms with Crippen molar-refractivity contribution in [3.05, 3.63) is 77.1 Å². The lowest BCUT2D eigenvalue weighted by molar-refractivity contribution is -0.147. The third kappa shape index (κ3) is 4.58. The summed E-state index contributed by atoms with van der Waals surface area (Å²) in [6.45, 7) is 1.07. The van der Waals surface area contributed by atoms with Gasteiger partial charge in [0.15, 0.2) is 0 Å². The molecule has 3 aromatic rings. The average Bonchev–Trinajstić information content (AvgIpc) is 3.45. The zero-order valence-corrected chi connectivity index (χ0v) is 18.6. The third-order valence-corrected chi connectivity index (χ3v) is 6.42. The fourth-order valence-electron chi connectivity index (χ4n) is 4.49. The number of aromatic hydroxyl groups is 1. The summed E-state index contributed by atoms with van der Waals surface area (Å²) in [7, 11) is 0. The van der Waals surface area contributed by atoms with Gasteiger partial charge >= 0.3 is 0 Å². The van der Waals surface area contributed by atoms with Gasteiger partial charge in [0, 0.05) is 42.3 Å². The van der Waals surface area contributed by atoms with Gasteiger partial charge in [-0.05, 0) is 42.3 Å². The van der Waals surface area contributed by atoms with Crippen LogP contribution in [0.1, 0.15) is 17.5 Å². The van der Waals surface area contributed by atoms with Crippen LogP contribution in [0.15, 0.2) is 60.9 Å². The topological polar surface area (TPSA) is 99.5 Å². The first-order valence-corrected chi connectivity index (χ1v) is 11.3. The Labute approximate surface area is 196 Å². The number of hydrogen-bond acceptors (Lipinski definition) is 5. The summed E-state index contributed by atoms with van der Waals surface area (Å²) in [5.41, 5.74) is 2.77. The van der Waals surface area contributed by atoms with Crippen molar-refractivity contribution in [3.8, 4) is 11.4 Å². The van der Waals surface area contributed by atoms with Gasteiger partial charge in [0.05, 0.1) is 11.9 Å². The highest BCUT2D eigenvalue weighted by molar-refractivity contribution is 6.30. The van der Waals surface area contributed by atoms with E-state index in [1.54, 1.807) is 40.0 Å². The number of carbonyl (C=O) groups is 2. The van der Waals surface area contributed by atoms with Crippen LogP contribution in [0.5, 0.6) is 5.75 Å². The van der Waals surface area contributed by atoms with Crippen molar-refractivity contribution in [2.45, 2.75) is 37.5 Å². The summed E-state index contributed by atoms with van der Waals surface area (Å²) in [5.74, 6) is -0.00778. The summed E-state index contributed by atoms with van der Waals surface area (Å²) >= 11 is 6.07. The second-order valence-corrected chi connectivity index (χ2v) is 8.96. The third-order valence-electron chi connectivity index (χ3n) is 6.18. The van der Waals surface area contributed by atoms with E-state index in [0.717, 1.165) is 16.8 Å². The summed E-state index contributed by atoms with van der Waals surface area (Å²) in [4.78, 5) is 27.4. The van der Waals surface area contributed by atoms with Crippen LogP contribution in [0.4, 0.5) is 0 Å². The molecule has 3 atom stereocenters. The Hall–Kier alpha value is -3.36. The highest BCUT2D eigenvalue weighted by Gasteiger charge is 2.46. The number of carbonyl (C=O) groups excluding carboxylic acids is 2. The van der Waals surface area contributed by atoms with Gasteiger partial charge in [-0.1, -0.05) is 29.8 Å². The molecule has 2 amide bonds. The van der Waals surface area contributed by atoms with Crippen LogP contribution in [0.25, 0.3) is 5.69 Å². The van der Waals surface area contributed by atoms with Crippen LogP contribution in [0.3, 0.4) is 0 Å². The van der Waals surface area contributed by atoms with Crippen LogP contribution < -0.4 is 10.6 Å². The Morgan fingerprint density at radius 1 is 1.15 bits per heavy atom. The number of nitrogens with one attached hydrogen (secondary N) is 2. The van der Waals surface area contributed by atoms with Crippen molar-refractivity contribution >= 4 is 23.4 Å². The van der Waals surface area contributed by atoms with Crippen LogP contribution >= 0.6 is 11.6 Å². The van der Waals surface area contributed by atoms with Gasteiger partial charge in [-0.15, -0.1) is 0 Å². The second-order valence-electron chi connectivity index (χ2n) is 8.52. The Balaban J connectivity index is 1.20. The SMILES string of the molecule is O=C1N[C@@H](Cc2ccc(O)cc2)C(=O)N2C[C@@H](NCc3cnn(-c4cccc(Cl)c4)c3)C[C@@H]12. The molecule has 2 aliphatic heterocycles. The number of rotatable bonds is 6. The molecule has 9 heteroatoms. The Morgan fingerprint density at radius 3 is 2.76 bits per heavy atom. The summed E-state index contributed by atoms with van der Waals surface area (Å²) in [6, 6.07) is 13.2. The van der Waals surface area contributed by atoms with Crippen LogP contribution in [-0.2, 0) is 22.6 Å². The number of benzene rings is 2. The van der Waals surface area contributed by atoms with Gasteiger partial charge in [-0.3, -0.25) is 9.59 Å². The number of halogens is 1. The monoisotopic (exact) mass is 465 g/mol. The Kier molecular flexibility index (Phi) is 5.78. The van der Waals surface area contributed by atoms with Crippen molar-refractivity contribution < 1.29 is 14.7 Å². The molecular weight excluding hydrogens is 442 g/mol. The molecule has 0 radical (unpaired) electrons. The molecule has 0 aliphatic carbocycles. The number of amides is 2. The molecule has 3 heterocycles. The zero-order chi connectivity index (χ0) is 22.9. The number of phenols is 1. The maximum atomic E-state index is 13.0. The molecule has 2 fully saturated rings. The van der Waals surface area contributed by atoms with E-state index >= 15 is 0 Å². The van der Waals surface area contributed by atoms with E-state index < -0.39 is 12.1 Å². The van der Waals surface area contributed by atoms with Crippen molar-refractivity contribution in [1.82, 2.24) is 25.3 Å². The highest BCUT2D eigenvalue weighted by atomic mass is 35.5. The highest BCUT2D eigenvalue weighted by Crippen LogP contribution is 2.25. The summed E-state index contributed by atoms with van der Waals surface area (Å²) < 4.78 is 1.77. The van der Waals surface area contributed by atoms with Gasteiger partial charge in [0.2, 0.25) is 11.8 Å². The van der Waals surface area contributed by atoms with Gasteiger partial charge < -0.3 is 20.6 Å². The van der Waals surface area contributed by atoms with Crippen molar-refractivity contribution in [2.75, 3.05) is 6.54 Å². The number of hydrogen-bond donors (Lipinski definition) is 3. The normalized spacial score (nSPS) is 22.3. The van der Waals surface area contributed by atoms with Crippen LogP contribution in [-0.4, -0.2) is 56.3 Å². The standard InChI is InChI=1S/C24H24ClN5O3/c25-17-2-1-3-19(9-17)30-13-16(12-27-30)11-26-18-10-22-23(32)28-21(24(33)29(22)14-18)8-15-4-6-20(31)7-5-15/h1-7,9,12-13,18,21-22,26,31H,8,10-11,14H2,(H,28,32)/t18-,21-,22-/m0/s1. The number of nitrogens with zero attached hydrogens (tertiary/aromatic N) is 3. The van der Waals surface area contributed by atoms with Gasteiger partial charge in [-0.2, -0.15) is 5.10 Å². The van der Waals surface area contributed by atoms with Crippen molar-refractivity contribution in [2.24, 2.45) is 0 Å². The van der Waals surface area contributed by atoms with E-state index in [0.29, 0.717) is 31.0 Å². The fraction of sp³-hybridized carbons (Fsp3) is 0.292. The number of fused-ring (bicyclic) bond motifs is 1. The average molecular weight is 466 g/mol. The number of phenolic OH excluding ortho intramolecular Hbond substituents is 1. The van der Waals surface area contributed by atoms with Gasteiger partial charge in [0.25, 0.3) is 0 Å². The zero-order valence-electron chi connectivity index (χ0n) is 17.8. The van der Waals surface area contributed by atoms with E-state index in [-0.39, 0.29) is 23.6 Å². The molecule has 0 spiro atoms. The number of aromatic nitrogens is 2. The molecule has 0 bridgehead atoms. The summed E-state index contributed by atoms with van der Waals surface area (Å²) in [6.07, 6.45) is 4.70. The van der Waals surface area contributed by atoms with Gasteiger partial charge in [0.1, 0.15) is 17.8 Å². The molecule has 5 rings (SSSR count). The lowest BCUT2D eigenvalue weighted by Gasteiger charge is -2.34. The van der Waals surface area contributed by atoms with E-state index in [1.807, 2.05) is 30.5 Å². The molecule has 2 aromatic carbocycles. The molecule has 3 N–H and O–H groups in total. The molecule has 0 saturated carbocycles. The first kappa shape index (κ1) is 21.5. The fourth-order valence-corrected chi connectivity index (χ4v) is 4.67. The lowest BCUT2D eigenvalue weighted by atomic mass is 10.0. The van der Waals surface area contributed by atoms with E-state index in [4.69, 9.17) is 11.6 Å². The molecule has 33 heavy (non-hydrogen) atoms. The predicted molar refractivity (Wildman–Crippen MR) is 123 cm³/mol. The Morgan fingerprint density at radius 2 is 1.97 bits per heavy atom. The quantitative estimate of drug-likeness (QED) is 0.517. The second kappa shape index (κ2) is 8.88. The molecule has 2 saturated heterocycles. The minimum absolute atomic E-state index is 0.0200. The minimum Gasteiger partial charge on any atom is -0.508 e. The largest absolute Gasteiger partial charge is 0.508 e. The molecule has 8 nitrogen and oxygen atoms in total. The molecule has 170 valence electrons. The van der Waals surface area contributed by atoms with E-state index in [1.165, 1.54) is 0 Å². The lowest BCUT2D eigenvalue weighted by Crippen LogP contribution is -2.61. The van der Waals surface area contributed by atoms with Crippen LogP contribution in [0.2, 0.25) is 5.02 Å². The minimum atomic E-state index is -0.590. The first-order chi connectivity index (χ1) is 16.0. The maximum Gasteiger partial charge on any atom is 0.246 e. The van der Waals surface area contributed by atoms with Crippen molar-refractivity contribution in [3.63, 3.8) is 0 Å². The molecule has 0 unspecified atom stereocenters. The summed E-state index contributed by atoms with van der Waals surface area (Å²) in [5, 5.41) is 20.8. The molecule has 2 aliphatic rings. The van der Waals surface area contributed by atoms with Gasteiger partial charge in [-0.25, -0.2) is 4.68 Å². The van der Waals surface area contributed by atoms with E-state index in [2.05, 4.69) is 15.7 Å². The smallest absolute Gasteiger partial charge is 0.246 e. The Bertz CT molecular complexity index is 1180. The molecule has 1 aromatic heterocycles. The number of piperazine rings is 1. The van der Waals surface area contributed by atoms with Crippen molar-refractivity contribution in [1.29, 1.82) is 0 Å².